The van der Waals surface area contributed by atoms with Crippen LogP contribution in [-0.2, 0) is 0 Å². The lowest BCUT2D eigenvalue weighted by molar-refractivity contribution is 0.180. The Balaban J connectivity index is 2.33. The third kappa shape index (κ3) is 1.85. The summed E-state index contributed by atoms with van der Waals surface area (Å²) in [5, 5.41) is 17.3. The van der Waals surface area contributed by atoms with Gasteiger partial charge in [-0.2, -0.15) is 5.26 Å². The highest BCUT2D eigenvalue weighted by Crippen LogP contribution is 2.25. The summed E-state index contributed by atoms with van der Waals surface area (Å²) in [5.41, 5.74) is 0. The molecule has 0 aliphatic heterocycles. The summed E-state index contributed by atoms with van der Waals surface area (Å²) in [5.74, 6) is 0.439. The molecule has 2 atom stereocenters. The molecule has 1 aliphatic carbocycles. The molecule has 1 N–H and O–H groups in total. The molecule has 0 unspecified atom stereocenters. The van der Waals surface area contributed by atoms with Gasteiger partial charge in [0.15, 0.2) is 0 Å². The van der Waals surface area contributed by atoms with Crippen LogP contribution in [0, 0.1) is 17.2 Å². The Morgan fingerprint density at radius 1 is 1.50 bits per heavy atom. The third-order valence-corrected chi connectivity index (χ3v) is 1.89. The average Bonchev–Trinajstić information content (AvgIpc) is 2.31. The van der Waals surface area contributed by atoms with E-state index in [2.05, 4.69) is 0 Å². The Morgan fingerprint density at radius 3 is 2.80 bits per heavy atom. The van der Waals surface area contributed by atoms with Crippen LogP contribution in [0.15, 0.2) is 12.2 Å². The smallest absolute Gasteiger partial charge is 0.0908 e. The molecule has 0 spiro atoms. The van der Waals surface area contributed by atoms with Crippen molar-refractivity contribution >= 4 is 0 Å². The molecule has 0 aromatic rings. The fourth-order valence-corrected chi connectivity index (χ4v) is 1.35. The second-order valence-corrected chi connectivity index (χ2v) is 2.72. The van der Waals surface area contributed by atoms with Gasteiger partial charge in [-0.25, -0.2) is 0 Å². The first-order valence-corrected chi connectivity index (χ1v) is 3.57. The van der Waals surface area contributed by atoms with Gasteiger partial charge in [-0.3, -0.25) is 0 Å². The highest BCUT2D eigenvalue weighted by Gasteiger charge is 2.19. The second kappa shape index (κ2) is 3.38. The Kier molecular flexibility index (Phi) is 2.47. The van der Waals surface area contributed by atoms with Gasteiger partial charge in [-0.1, -0.05) is 6.08 Å². The predicted octanol–water partition coefficient (Wildman–Crippen LogP) is 1.23. The molecule has 1 rings (SSSR count). The molecule has 0 saturated heterocycles. The first kappa shape index (κ1) is 7.30. The molecule has 1 saturated carbocycles. The van der Waals surface area contributed by atoms with E-state index in [0.29, 0.717) is 5.92 Å². The molecular weight excluding hydrogens is 126 g/mol. The third-order valence-electron chi connectivity index (χ3n) is 1.89. The minimum absolute atomic E-state index is 0.131. The molecule has 1 fully saturated rings. The lowest BCUT2D eigenvalue weighted by Crippen LogP contribution is -1.97. The maximum absolute atomic E-state index is 9.08. The minimum Gasteiger partial charge on any atom is -0.393 e. The van der Waals surface area contributed by atoms with Gasteiger partial charge in [0.25, 0.3) is 0 Å². The lowest BCUT2D eigenvalue weighted by atomic mass is 10.1. The Bertz CT molecular complexity index is 169. The quantitative estimate of drug-likeness (QED) is 0.552. The van der Waals surface area contributed by atoms with Crippen LogP contribution in [0.2, 0.25) is 0 Å². The van der Waals surface area contributed by atoms with E-state index in [-0.39, 0.29) is 6.10 Å². The van der Waals surface area contributed by atoms with E-state index in [1.807, 2.05) is 12.1 Å². The largest absolute Gasteiger partial charge is 0.393 e. The molecule has 10 heavy (non-hydrogen) atoms. The van der Waals surface area contributed by atoms with Crippen molar-refractivity contribution in [2.45, 2.75) is 25.4 Å². The summed E-state index contributed by atoms with van der Waals surface area (Å²) in [4.78, 5) is 0. The van der Waals surface area contributed by atoms with E-state index in [1.54, 1.807) is 0 Å². The molecule has 0 radical (unpaired) electrons. The molecule has 0 aromatic carbocycles. The van der Waals surface area contributed by atoms with E-state index >= 15 is 0 Å². The van der Waals surface area contributed by atoms with Crippen molar-refractivity contribution in [3.63, 3.8) is 0 Å². The van der Waals surface area contributed by atoms with Crippen molar-refractivity contribution in [3.05, 3.63) is 12.2 Å². The normalized spacial score (nSPS) is 32.8. The number of aliphatic hydroxyl groups is 1. The molecule has 2 heteroatoms. The number of nitriles is 1. The summed E-state index contributed by atoms with van der Waals surface area (Å²) in [7, 11) is 0. The van der Waals surface area contributed by atoms with E-state index in [4.69, 9.17) is 10.4 Å². The van der Waals surface area contributed by atoms with E-state index in [9.17, 15) is 0 Å². The van der Waals surface area contributed by atoms with Crippen LogP contribution in [0.5, 0.6) is 0 Å². The summed E-state index contributed by atoms with van der Waals surface area (Å²) >= 11 is 0. The van der Waals surface area contributed by atoms with Crippen molar-refractivity contribution in [1.82, 2.24) is 0 Å². The highest BCUT2D eigenvalue weighted by molar-refractivity contribution is 5.05. The van der Waals surface area contributed by atoms with Crippen LogP contribution < -0.4 is 0 Å². The van der Waals surface area contributed by atoms with Gasteiger partial charge >= 0.3 is 0 Å². The van der Waals surface area contributed by atoms with Gasteiger partial charge < -0.3 is 5.11 Å². The standard InChI is InChI=1S/C8H11NO/c9-5-1-2-7-3-4-8(10)6-7/h1-2,7-8,10H,3-4,6H2/b2-1-/t7-,8+/m1/s1. The predicted molar refractivity (Wildman–Crippen MR) is 38.1 cm³/mol. The van der Waals surface area contributed by atoms with E-state index < -0.39 is 0 Å². The maximum Gasteiger partial charge on any atom is 0.0908 e. The Labute approximate surface area is 60.8 Å². The van der Waals surface area contributed by atoms with Crippen LogP contribution in [0.4, 0.5) is 0 Å². The first-order valence-electron chi connectivity index (χ1n) is 3.57. The summed E-state index contributed by atoms with van der Waals surface area (Å²) in [6.45, 7) is 0. The molecule has 2 nitrogen and oxygen atoms in total. The Hall–Kier alpha value is -0.810. The monoisotopic (exact) mass is 137 g/mol. The molecular formula is C8H11NO. The number of hydrogen-bond acceptors (Lipinski definition) is 2. The molecule has 0 heterocycles. The topological polar surface area (TPSA) is 44.0 Å². The average molecular weight is 137 g/mol. The van der Waals surface area contributed by atoms with Crippen LogP contribution in [-0.4, -0.2) is 11.2 Å². The minimum atomic E-state index is -0.131. The first-order chi connectivity index (χ1) is 4.83. The van der Waals surface area contributed by atoms with Crippen LogP contribution in [0.1, 0.15) is 19.3 Å². The van der Waals surface area contributed by atoms with Gasteiger partial charge in [-0.05, 0) is 25.2 Å². The summed E-state index contributed by atoms with van der Waals surface area (Å²) in [6.07, 6.45) is 6.00. The van der Waals surface area contributed by atoms with Gasteiger partial charge in [0.1, 0.15) is 0 Å². The Morgan fingerprint density at radius 2 is 2.30 bits per heavy atom. The summed E-state index contributed by atoms with van der Waals surface area (Å²) in [6, 6.07) is 1.95. The highest BCUT2D eigenvalue weighted by atomic mass is 16.3. The maximum atomic E-state index is 9.08. The molecule has 54 valence electrons. The number of nitrogens with zero attached hydrogens (tertiary/aromatic N) is 1. The molecule has 1 aliphatic rings. The number of hydrogen-bond donors (Lipinski definition) is 1. The van der Waals surface area contributed by atoms with Gasteiger partial charge in [0.05, 0.1) is 12.2 Å². The van der Waals surface area contributed by atoms with Crippen LogP contribution in [0.3, 0.4) is 0 Å². The van der Waals surface area contributed by atoms with Crippen molar-refractivity contribution in [3.8, 4) is 6.07 Å². The number of allylic oxidation sites excluding steroid dienone is 2. The fourth-order valence-electron chi connectivity index (χ4n) is 1.35. The van der Waals surface area contributed by atoms with E-state index in [1.165, 1.54) is 6.08 Å². The van der Waals surface area contributed by atoms with Crippen LogP contribution >= 0.6 is 0 Å². The van der Waals surface area contributed by atoms with Crippen molar-refractivity contribution < 1.29 is 5.11 Å². The van der Waals surface area contributed by atoms with Gasteiger partial charge in [-0.15, -0.1) is 0 Å². The zero-order valence-electron chi connectivity index (χ0n) is 5.83. The van der Waals surface area contributed by atoms with Crippen molar-refractivity contribution in [2.24, 2.45) is 5.92 Å². The molecule has 0 amide bonds. The van der Waals surface area contributed by atoms with Gasteiger partial charge in [0.2, 0.25) is 0 Å². The molecule has 0 bridgehead atoms. The van der Waals surface area contributed by atoms with Crippen LogP contribution in [0.25, 0.3) is 0 Å². The fraction of sp³-hybridized carbons (Fsp3) is 0.625. The van der Waals surface area contributed by atoms with Crippen molar-refractivity contribution in [1.29, 1.82) is 5.26 Å². The zero-order valence-corrected chi connectivity index (χ0v) is 5.83. The SMILES string of the molecule is N#C/C=C\[C@@H]1CC[C@H](O)C1. The number of rotatable bonds is 1. The zero-order chi connectivity index (χ0) is 7.40. The summed E-state index contributed by atoms with van der Waals surface area (Å²) < 4.78 is 0. The van der Waals surface area contributed by atoms with Crippen molar-refractivity contribution in [2.75, 3.05) is 0 Å². The second-order valence-electron chi connectivity index (χ2n) is 2.72. The number of aliphatic hydroxyl groups excluding tert-OH is 1. The molecule has 0 aromatic heterocycles. The lowest BCUT2D eigenvalue weighted by Gasteiger charge is -1.98. The van der Waals surface area contributed by atoms with Gasteiger partial charge in [0, 0.05) is 6.08 Å². The van der Waals surface area contributed by atoms with E-state index in [0.717, 1.165) is 19.3 Å².